The summed E-state index contributed by atoms with van der Waals surface area (Å²) in [6, 6.07) is 14.7. The summed E-state index contributed by atoms with van der Waals surface area (Å²) in [5.74, 6) is 0.679. The van der Waals surface area contributed by atoms with E-state index in [1.54, 1.807) is 12.1 Å². The van der Waals surface area contributed by atoms with Crippen molar-refractivity contribution >= 4 is 10.9 Å². The molecule has 0 saturated carbocycles. The molecule has 0 fully saturated rings. The number of hydrogen-bond donors (Lipinski definition) is 0. The highest BCUT2D eigenvalue weighted by atomic mass is 19.1. The van der Waals surface area contributed by atoms with Gasteiger partial charge in [-0.2, -0.15) is 0 Å². The summed E-state index contributed by atoms with van der Waals surface area (Å²) in [5, 5.41) is 1.12. The van der Waals surface area contributed by atoms with Crippen LogP contribution in [0.25, 0.3) is 16.6 Å². The lowest BCUT2D eigenvalue weighted by molar-refractivity contribution is 0.279. The zero-order valence-electron chi connectivity index (χ0n) is 15.6. The maximum absolute atomic E-state index is 13.1. The first-order chi connectivity index (χ1) is 12.7. The Labute approximate surface area is 155 Å². The highest BCUT2D eigenvalue weighted by molar-refractivity contribution is 5.83. The molecule has 26 heavy (non-hydrogen) atoms. The van der Waals surface area contributed by atoms with E-state index in [-0.39, 0.29) is 5.82 Å². The second-order valence-corrected chi connectivity index (χ2v) is 6.74. The minimum absolute atomic E-state index is 0.221. The van der Waals surface area contributed by atoms with Crippen LogP contribution in [0.1, 0.15) is 26.2 Å². The van der Waals surface area contributed by atoms with E-state index in [2.05, 4.69) is 41.6 Å². The van der Waals surface area contributed by atoms with Gasteiger partial charge in [-0.1, -0.05) is 6.92 Å². The summed E-state index contributed by atoms with van der Waals surface area (Å²) >= 11 is 0. The summed E-state index contributed by atoms with van der Waals surface area (Å²) in [5.41, 5.74) is 2.04. The Hall–Kier alpha value is -2.33. The smallest absolute Gasteiger partial charge is 0.123 e. The molecule has 0 atom stereocenters. The van der Waals surface area contributed by atoms with Gasteiger partial charge < -0.3 is 14.2 Å². The van der Waals surface area contributed by atoms with Gasteiger partial charge >= 0.3 is 0 Å². The number of aromatic nitrogens is 1. The van der Waals surface area contributed by atoms with Crippen molar-refractivity contribution in [3.8, 4) is 11.4 Å². The first-order valence-electron chi connectivity index (χ1n) is 9.36. The summed E-state index contributed by atoms with van der Waals surface area (Å²) in [6.45, 7) is 5.22. The number of fused-ring (bicyclic) bond motifs is 1. The number of benzene rings is 2. The first kappa shape index (κ1) is 18.5. The van der Waals surface area contributed by atoms with E-state index >= 15 is 0 Å². The van der Waals surface area contributed by atoms with Gasteiger partial charge in [0.15, 0.2) is 0 Å². The number of rotatable bonds is 9. The van der Waals surface area contributed by atoms with Crippen molar-refractivity contribution in [3.05, 3.63) is 60.5 Å². The minimum Gasteiger partial charge on any atom is -0.494 e. The van der Waals surface area contributed by atoms with Crippen molar-refractivity contribution in [3.63, 3.8) is 0 Å². The van der Waals surface area contributed by atoms with Crippen LogP contribution in [0.15, 0.2) is 54.7 Å². The Morgan fingerprint density at radius 3 is 2.58 bits per heavy atom. The van der Waals surface area contributed by atoms with Gasteiger partial charge in [-0.05, 0) is 87.9 Å². The van der Waals surface area contributed by atoms with Crippen LogP contribution in [0, 0.1) is 5.82 Å². The minimum atomic E-state index is -0.221. The fourth-order valence-electron chi connectivity index (χ4n) is 3.20. The van der Waals surface area contributed by atoms with Crippen molar-refractivity contribution in [2.75, 3.05) is 26.7 Å². The molecular weight excluding hydrogens is 327 g/mol. The summed E-state index contributed by atoms with van der Waals surface area (Å²) in [6.07, 6.45) is 5.41. The fourth-order valence-corrected chi connectivity index (χ4v) is 3.20. The van der Waals surface area contributed by atoms with Crippen molar-refractivity contribution in [2.24, 2.45) is 0 Å². The Kier molecular flexibility index (Phi) is 6.29. The van der Waals surface area contributed by atoms with Gasteiger partial charge in [0.1, 0.15) is 11.6 Å². The van der Waals surface area contributed by atoms with Gasteiger partial charge in [-0.25, -0.2) is 4.39 Å². The molecule has 0 amide bonds. The van der Waals surface area contributed by atoms with E-state index in [0.717, 1.165) is 54.9 Å². The van der Waals surface area contributed by atoms with Crippen LogP contribution in [-0.2, 0) is 0 Å². The normalized spacial score (nSPS) is 11.4. The van der Waals surface area contributed by atoms with Crippen LogP contribution in [0.4, 0.5) is 4.39 Å². The lowest BCUT2D eigenvalue weighted by Gasteiger charge is -2.15. The molecule has 4 heteroatoms. The molecule has 0 aliphatic heterocycles. The lowest BCUT2D eigenvalue weighted by Crippen LogP contribution is -2.20. The van der Waals surface area contributed by atoms with Crippen molar-refractivity contribution in [1.82, 2.24) is 9.47 Å². The van der Waals surface area contributed by atoms with Gasteiger partial charge in [-0.3, -0.25) is 0 Å². The fraction of sp³-hybridized carbons (Fsp3) is 0.364. The maximum Gasteiger partial charge on any atom is 0.123 e. The van der Waals surface area contributed by atoms with Crippen LogP contribution in [0.2, 0.25) is 0 Å². The van der Waals surface area contributed by atoms with E-state index in [4.69, 9.17) is 4.74 Å². The number of halogens is 1. The van der Waals surface area contributed by atoms with Crippen molar-refractivity contribution in [2.45, 2.75) is 26.2 Å². The molecule has 138 valence electrons. The number of unbranched alkanes of at least 4 members (excludes halogenated alkanes) is 1. The molecule has 0 bridgehead atoms. The molecule has 0 N–H and O–H groups in total. The predicted molar refractivity (Wildman–Crippen MR) is 106 cm³/mol. The standard InChI is InChI=1S/C22H27FN2O/c1-3-13-24(2)14-4-5-16-26-21-10-11-22-18(17-21)12-15-25(22)20-8-6-19(23)7-9-20/h6-12,15,17H,3-5,13-14,16H2,1-2H3. The third-order valence-electron chi connectivity index (χ3n) is 4.57. The van der Waals surface area contributed by atoms with Crippen molar-refractivity contribution in [1.29, 1.82) is 0 Å². The van der Waals surface area contributed by atoms with Crippen LogP contribution < -0.4 is 4.74 Å². The lowest BCUT2D eigenvalue weighted by atomic mass is 10.2. The third kappa shape index (κ3) is 4.64. The van der Waals surface area contributed by atoms with Gasteiger partial charge in [-0.15, -0.1) is 0 Å². The summed E-state index contributed by atoms with van der Waals surface area (Å²) < 4.78 is 21.1. The molecule has 3 nitrogen and oxygen atoms in total. The molecule has 0 aliphatic rings. The Morgan fingerprint density at radius 1 is 1.00 bits per heavy atom. The molecule has 0 aliphatic carbocycles. The highest BCUT2D eigenvalue weighted by Gasteiger charge is 2.05. The second kappa shape index (κ2) is 8.86. The molecule has 3 rings (SSSR count). The van der Waals surface area contributed by atoms with E-state index < -0.39 is 0 Å². The molecule has 3 aromatic rings. The molecular formula is C22H27FN2O. The average molecular weight is 354 g/mol. The molecule has 0 spiro atoms. The predicted octanol–water partition coefficient (Wildman–Crippen LogP) is 5.27. The summed E-state index contributed by atoms with van der Waals surface area (Å²) in [7, 11) is 2.17. The largest absolute Gasteiger partial charge is 0.494 e. The van der Waals surface area contributed by atoms with Gasteiger partial charge in [0.2, 0.25) is 0 Å². The second-order valence-electron chi connectivity index (χ2n) is 6.74. The zero-order chi connectivity index (χ0) is 18.4. The van der Waals surface area contributed by atoms with Gasteiger partial charge in [0.25, 0.3) is 0 Å². The third-order valence-corrected chi connectivity index (χ3v) is 4.57. The Bertz CT molecular complexity index is 826. The zero-order valence-corrected chi connectivity index (χ0v) is 15.6. The molecule has 0 unspecified atom stereocenters. The summed E-state index contributed by atoms with van der Waals surface area (Å²) in [4.78, 5) is 2.37. The molecule has 0 radical (unpaired) electrons. The Balaban J connectivity index is 1.57. The average Bonchev–Trinajstić information content (AvgIpc) is 3.05. The quantitative estimate of drug-likeness (QED) is 0.487. The Morgan fingerprint density at radius 2 is 1.81 bits per heavy atom. The molecule has 1 aromatic heterocycles. The topological polar surface area (TPSA) is 17.4 Å². The maximum atomic E-state index is 13.1. The van der Waals surface area contributed by atoms with E-state index in [9.17, 15) is 4.39 Å². The SMILES string of the molecule is CCCN(C)CCCCOc1ccc2c(ccn2-c2ccc(F)cc2)c1. The molecule has 2 aromatic carbocycles. The van der Waals surface area contributed by atoms with Crippen LogP contribution >= 0.6 is 0 Å². The number of ether oxygens (including phenoxy) is 1. The monoisotopic (exact) mass is 354 g/mol. The van der Waals surface area contributed by atoms with Gasteiger partial charge in [0, 0.05) is 17.3 Å². The van der Waals surface area contributed by atoms with Crippen LogP contribution in [0.3, 0.4) is 0 Å². The molecule has 1 heterocycles. The first-order valence-corrected chi connectivity index (χ1v) is 9.36. The van der Waals surface area contributed by atoms with E-state index in [1.807, 2.05) is 12.3 Å². The van der Waals surface area contributed by atoms with Crippen LogP contribution in [-0.4, -0.2) is 36.2 Å². The van der Waals surface area contributed by atoms with Crippen LogP contribution in [0.5, 0.6) is 5.75 Å². The van der Waals surface area contributed by atoms with Gasteiger partial charge in [0.05, 0.1) is 12.1 Å². The van der Waals surface area contributed by atoms with Crippen molar-refractivity contribution < 1.29 is 9.13 Å². The number of hydrogen-bond acceptors (Lipinski definition) is 2. The van der Waals surface area contributed by atoms with E-state index in [1.165, 1.54) is 18.6 Å². The molecule has 0 saturated heterocycles. The highest BCUT2D eigenvalue weighted by Crippen LogP contribution is 2.25. The van der Waals surface area contributed by atoms with E-state index in [0.29, 0.717) is 0 Å². The number of nitrogens with zero attached hydrogens (tertiary/aromatic N) is 2.